The molecular weight excluding hydrogens is 405 g/mol. The predicted octanol–water partition coefficient (Wildman–Crippen LogP) is 4.52. The van der Waals surface area contributed by atoms with Crippen molar-refractivity contribution in [3.05, 3.63) is 107 Å². The predicted molar refractivity (Wildman–Crippen MR) is 107 cm³/mol. The molecule has 31 heavy (non-hydrogen) atoms. The number of halogens is 3. The Morgan fingerprint density at radius 1 is 0.839 bits per heavy atom. The lowest BCUT2D eigenvalue weighted by molar-refractivity contribution is -0.138. The van der Waals surface area contributed by atoms with E-state index in [1.165, 1.54) is 23.1 Å². The molecule has 0 aromatic heterocycles. The van der Waals surface area contributed by atoms with Crippen LogP contribution in [-0.4, -0.2) is 34.7 Å². The Labute approximate surface area is 176 Å². The highest BCUT2D eigenvalue weighted by molar-refractivity contribution is 6.04. The monoisotopic (exact) mass is 422 g/mol. The van der Waals surface area contributed by atoms with Gasteiger partial charge in [-0.25, -0.2) is 0 Å². The first-order chi connectivity index (χ1) is 14.9. The molecule has 2 aliphatic rings. The molecule has 0 bridgehead atoms. The van der Waals surface area contributed by atoms with Crippen LogP contribution in [-0.2, 0) is 11.8 Å². The second-order valence-electron chi connectivity index (χ2n) is 7.54. The number of amides is 2. The van der Waals surface area contributed by atoms with Crippen molar-refractivity contribution in [2.45, 2.75) is 11.8 Å². The van der Waals surface area contributed by atoms with Gasteiger partial charge in [-0.05, 0) is 18.2 Å². The zero-order valence-electron chi connectivity index (χ0n) is 16.3. The highest BCUT2D eigenvalue weighted by Gasteiger charge is 2.59. The van der Waals surface area contributed by atoms with Gasteiger partial charge in [-0.15, -0.1) is 0 Å². The van der Waals surface area contributed by atoms with Crippen LogP contribution in [0.1, 0.15) is 37.4 Å². The summed E-state index contributed by atoms with van der Waals surface area (Å²) < 4.78 is 40.9. The van der Waals surface area contributed by atoms with Crippen LogP contribution < -0.4 is 0 Å². The Kier molecular flexibility index (Phi) is 4.18. The molecule has 0 aliphatic carbocycles. The van der Waals surface area contributed by atoms with Crippen LogP contribution in [0.25, 0.3) is 0 Å². The first kappa shape index (κ1) is 19.4. The largest absolute Gasteiger partial charge is 0.417 e. The maximum atomic E-state index is 13.6. The molecule has 7 heteroatoms. The molecule has 2 heterocycles. The Bertz CT molecular complexity index is 1190. The number of fused-ring (bicyclic) bond motifs is 3. The molecule has 0 radical (unpaired) electrons. The summed E-state index contributed by atoms with van der Waals surface area (Å²) in [6, 6.07) is 20.7. The lowest BCUT2D eigenvalue weighted by Crippen LogP contribution is -2.51. The van der Waals surface area contributed by atoms with Crippen molar-refractivity contribution in [3.63, 3.8) is 0 Å². The minimum Gasteiger partial charge on any atom is -0.306 e. The number of carbonyl (C=O) groups excluding carboxylic acids is 2. The van der Waals surface area contributed by atoms with Crippen LogP contribution in [0.4, 0.5) is 13.2 Å². The van der Waals surface area contributed by atoms with E-state index < -0.39 is 28.9 Å². The molecule has 4 nitrogen and oxygen atoms in total. The highest BCUT2D eigenvalue weighted by atomic mass is 19.4. The molecule has 0 spiro atoms. The zero-order chi connectivity index (χ0) is 21.8. The van der Waals surface area contributed by atoms with Crippen LogP contribution in [0.2, 0.25) is 0 Å². The maximum Gasteiger partial charge on any atom is 0.417 e. The average Bonchev–Trinajstić information content (AvgIpc) is 3.29. The van der Waals surface area contributed by atoms with E-state index in [1.807, 2.05) is 6.07 Å². The van der Waals surface area contributed by atoms with Gasteiger partial charge in [-0.3, -0.25) is 9.59 Å². The molecule has 3 aromatic carbocycles. The van der Waals surface area contributed by atoms with Gasteiger partial charge in [0.15, 0.2) is 5.66 Å². The van der Waals surface area contributed by atoms with Gasteiger partial charge in [0.05, 0.1) is 11.1 Å². The normalized spacial score (nSPS) is 20.0. The quantitative estimate of drug-likeness (QED) is 0.610. The number of alkyl halides is 3. The van der Waals surface area contributed by atoms with E-state index in [0.717, 1.165) is 6.07 Å². The molecule has 1 atom stereocenters. The van der Waals surface area contributed by atoms with Gasteiger partial charge < -0.3 is 9.80 Å². The molecular formula is C24H17F3N2O2. The fourth-order valence-electron chi connectivity index (χ4n) is 4.78. The Hall–Kier alpha value is -3.61. The number of hydrogen-bond donors (Lipinski definition) is 0. The number of hydrogen-bond acceptors (Lipinski definition) is 2. The number of rotatable bonds is 2. The van der Waals surface area contributed by atoms with E-state index in [9.17, 15) is 22.8 Å². The van der Waals surface area contributed by atoms with Crippen LogP contribution in [0.5, 0.6) is 0 Å². The zero-order valence-corrected chi connectivity index (χ0v) is 16.3. The summed E-state index contributed by atoms with van der Waals surface area (Å²) in [5.74, 6) is -0.998. The van der Waals surface area contributed by atoms with Crippen molar-refractivity contribution in [2.24, 2.45) is 0 Å². The van der Waals surface area contributed by atoms with E-state index in [-0.39, 0.29) is 19.0 Å². The van der Waals surface area contributed by atoms with Gasteiger partial charge in [0.1, 0.15) is 0 Å². The van der Waals surface area contributed by atoms with Gasteiger partial charge in [0.25, 0.3) is 11.8 Å². The summed E-state index contributed by atoms with van der Waals surface area (Å²) in [6.07, 6.45) is -4.67. The second kappa shape index (κ2) is 6.70. The maximum absolute atomic E-state index is 13.6. The molecule has 156 valence electrons. The van der Waals surface area contributed by atoms with Crippen molar-refractivity contribution < 1.29 is 22.8 Å². The second-order valence-corrected chi connectivity index (χ2v) is 7.54. The van der Waals surface area contributed by atoms with E-state index in [2.05, 4.69) is 0 Å². The average molecular weight is 422 g/mol. The van der Waals surface area contributed by atoms with Crippen molar-refractivity contribution >= 4 is 11.8 Å². The minimum atomic E-state index is -4.67. The first-order valence-corrected chi connectivity index (χ1v) is 9.82. The molecule has 2 amide bonds. The number of nitrogens with zero attached hydrogens (tertiary/aromatic N) is 2. The van der Waals surface area contributed by atoms with Crippen molar-refractivity contribution in [1.29, 1.82) is 0 Å². The lowest BCUT2D eigenvalue weighted by Gasteiger charge is -2.40. The van der Waals surface area contributed by atoms with Crippen LogP contribution >= 0.6 is 0 Å². The Morgan fingerprint density at radius 3 is 2.23 bits per heavy atom. The summed E-state index contributed by atoms with van der Waals surface area (Å²) in [6.45, 7) is 0.350. The molecule has 5 rings (SSSR count). The standard InChI is InChI=1S/C24H17F3N2O2/c25-24(26,27)20-13-7-5-11-18(20)22(31)29-15-14-28-21(30)17-10-4-6-12-19(17)23(28,29)16-8-2-1-3-9-16/h1-13H,14-15H2. The molecule has 0 N–H and O–H groups in total. The van der Waals surface area contributed by atoms with Gasteiger partial charge in [0, 0.05) is 29.8 Å². The van der Waals surface area contributed by atoms with E-state index >= 15 is 0 Å². The Balaban J connectivity index is 1.75. The van der Waals surface area contributed by atoms with Crippen molar-refractivity contribution in [3.8, 4) is 0 Å². The summed E-state index contributed by atoms with van der Waals surface area (Å²) in [7, 11) is 0. The molecule has 1 unspecified atom stereocenters. The van der Waals surface area contributed by atoms with Crippen LogP contribution in [0, 0.1) is 0 Å². The fourth-order valence-corrected chi connectivity index (χ4v) is 4.78. The van der Waals surface area contributed by atoms with Gasteiger partial charge >= 0.3 is 6.18 Å². The molecule has 3 aromatic rings. The topological polar surface area (TPSA) is 40.6 Å². The smallest absolute Gasteiger partial charge is 0.306 e. The third kappa shape index (κ3) is 2.62. The Morgan fingerprint density at radius 2 is 1.48 bits per heavy atom. The van der Waals surface area contributed by atoms with Gasteiger partial charge in [-0.2, -0.15) is 13.2 Å². The highest BCUT2D eigenvalue weighted by Crippen LogP contribution is 2.50. The summed E-state index contributed by atoms with van der Waals surface area (Å²) in [5, 5.41) is 0. The number of carbonyl (C=O) groups is 2. The molecule has 2 aliphatic heterocycles. The summed E-state index contributed by atoms with van der Waals surface area (Å²) in [4.78, 5) is 29.8. The third-order valence-electron chi connectivity index (χ3n) is 5.99. The summed E-state index contributed by atoms with van der Waals surface area (Å²) in [5.41, 5.74) is -0.994. The van der Waals surface area contributed by atoms with Gasteiger partial charge in [-0.1, -0.05) is 60.7 Å². The summed E-state index contributed by atoms with van der Waals surface area (Å²) >= 11 is 0. The van der Waals surface area contributed by atoms with Crippen LogP contribution in [0.15, 0.2) is 78.9 Å². The molecule has 1 fully saturated rings. The van der Waals surface area contributed by atoms with Crippen molar-refractivity contribution in [2.75, 3.05) is 13.1 Å². The van der Waals surface area contributed by atoms with E-state index in [1.54, 1.807) is 53.4 Å². The fraction of sp³-hybridized carbons (Fsp3) is 0.167. The third-order valence-corrected chi connectivity index (χ3v) is 5.99. The van der Waals surface area contributed by atoms with Crippen LogP contribution in [0.3, 0.4) is 0 Å². The minimum absolute atomic E-state index is 0.125. The van der Waals surface area contributed by atoms with Crippen molar-refractivity contribution in [1.82, 2.24) is 9.80 Å². The lowest BCUT2D eigenvalue weighted by atomic mass is 9.89. The SMILES string of the molecule is O=C(c1ccccc1C(F)(F)F)N1CCN2C(=O)c3ccccc3C12c1ccccc1. The molecule has 1 saturated heterocycles. The van der Waals surface area contributed by atoms with E-state index in [4.69, 9.17) is 0 Å². The first-order valence-electron chi connectivity index (χ1n) is 9.82. The van der Waals surface area contributed by atoms with Gasteiger partial charge in [0.2, 0.25) is 0 Å². The van der Waals surface area contributed by atoms with E-state index in [0.29, 0.717) is 16.7 Å². The number of benzene rings is 3. The molecule has 0 saturated carbocycles.